The molecule has 0 saturated heterocycles. The molecule has 0 unspecified atom stereocenters. The fourth-order valence-corrected chi connectivity index (χ4v) is 2.89. The molecule has 0 N–H and O–H groups in total. The molecule has 0 saturated carbocycles. The van der Waals surface area contributed by atoms with Crippen molar-refractivity contribution in [1.82, 2.24) is 4.98 Å². The van der Waals surface area contributed by atoms with Crippen LogP contribution in [0.1, 0.15) is 33.6 Å². The zero-order valence-corrected chi connectivity index (χ0v) is 22.8. The zero-order valence-electron chi connectivity index (χ0n) is 17.3. The Labute approximate surface area is 230 Å². The number of hydrogen-bond donors (Lipinski definition) is 0. The van der Waals surface area contributed by atoms with Crippen LogP contribution in [0.25, 0.3) is 0 Å². The van der Waals surface area contributed by atoms with Gasteiger partial charge in [0.2, 0.25) is 0 Å². The van der Waals surface area contributed by atoms with E-state index in [1.54, 1.807) is 0 Å². The Kier molecular flexibility index (Phi) is 15.7. The standard InChI is InChI=1S/C23H23N3.3ClH.Nd/c1-16-8-5-9-17(2)22(16)24-14-20-12-7-13-21(26-20)15-25-23-18(3)10-6-11-19(23)4;;;;/h5-15H,1-4H3;3*1H;/q;;;;+3/p-3. The quantitative estimate of drug-likeness (QED) is 0.295. The molecule has 7 heteroatoms. The number of aromatic nitrogens is 1. The summed E-state index contributed by atoms with van der Waals surface area (Å²) in [4.78, 5) is 13.9. The van der Waals surface area contributed by atoms with Crippen LogP contribution in [0.5, 0.6) is 0 Å². The predicted molar refractivity (Wildman–Crippen MR) is 111 cm³/mol. The van der Waals surface area contributed by atoms with E-state index in [-0.39, 0.29) is 78.1 Å². The molecule has 3 aromatic rings. The summed E-state index contributed by atoms with van der Waals surface area (Å²) in [5, 5.41) is 0. The molecule has 0 bridgehead atoms. The van der Waals surface area contributed by atoms with E-state index >= 15 is 0 Å². The maximum atomic E-state index is 4.63. The number of aryl methyl sites for hydroxylation is 4. The van der Waals surface area contributed by atoms with Gasteiger partial charge in [-0.3, -0.25) is 9.98 Å². The Morgan fingerprint density at radius 3 is 1.20 bits per heavy atom. The summed E-state index contributed by atoms with van der Waals surface area (Å²) in [6, 6.07) is 18.3. The first-order valence-corrected chi connectivity index (χ1v) is 8.72. The second-order valence-electron chi connectivity index (χ2n) is 6.48. The van der Waals surface area contributed by atoms with Crippen molar-refractivity contribution in [3.63, 3.8) is 0 Å². The van der Waals surface area contributed by atoms with Crippen LogP contribution in [0.2, 0.25) is 0 Å². The fourth-order valence-electron chi connectivity index (χ4n) is 2.89. The number of benzene rings is 2. The molecule has 1 radical (unpaired) electrons. The third-order valence-electron chi connectivity index (χ3n) is 4.32. The average Bonchev–Trinajstić information content (AvgIpc) is 2.61. The van der Waals surface area contributed by atoms with Crippen molar-refractivity contribution in [2.24, 2.45) is 9.98 Å². The molecule has 0 fully saturated rings. The van der Waals surface area contributed by atoms with Gasteiger partial charge in [-0.15, -0.1) is 0 Å². The molecule has 0 aliphatic heterocycles. The molecule has 2 aromatic carbocycles. The van der Waals surface area contributed by atoms with Gasteiger partial charge in [-0.05, 0) is 62.1 Å². The van der Waals surface area contributed by atoms with Crippen molar-refractivity contribution >= 4 is 23.8 Å². The van der Waals surface area contributed by atoms with Crippen LogP contribution in [0.3, 0.4) is 0 Å². The molecular weight excluding hydrogens is 569 g/mol. The molecule has 0 aliphatic carbocycles. The maximum Gasteiger partial charge on any atom is 3.00 e. The largest absolute Gasteiger partial charge is 3.00 e. The molecule has 155 valence electrons. The minimum absolute atomic E-state index is 0. The topological polar surface area (TPSA) is 37.6 Å². The maximum absolute atomic E-state index is 4.63. The van der Waals surface area contributed by atoms with Crippen molar-refractivity contribution in [3.05, 3.63) is 88.2 Å². The molecule has 0 spiro atoms. The molecule has 30 heavy (non-hydrogen) atoms. The Morgan fingerprint density at radius 2 is 0.867 bits per heavy atom. The van der Waals surface area contributed by atoms with Crippen LogP contribution in [0, 0.1) is 68.5 Å². The molecule has 0 amide bonds. The second kappa shape index (κ2) is 15.0. The van der Waals surface area contributed by atoms with Gasteiger partial charge in [0.25, 0.3) is 0 Å². The first-order chi connectivity index (χ1) is 12.5. The van der Waals surface area contributed by atoms with E-state index in [1.165, 1.54) is 0 Å². The summed E-state index contributed by atoms with van der Waals surface area (Å²) in [6.07, 6.45) is 3.62. The number of halogens is 3. The summed E-state index contributed by atoms with van der Waals surface area (Å²) in [5.41, 5.74) is 8.29. The van der Waals surface area contributed by atoms with E-state index < -0.39 is 0 Å². The van der Waals surface area contributed by atoms with Gasteiger partial charge in [-0.25, -0.2) is 4.98 Å². The van der Waals surface area contributed by atoms with Crippen LogP contribution in [0.4, 0.5) is 11.4 Å². The minimum atomic E-state index is 0. The smallest absolute Gasteiger partial charge is 1.00 e. The minimum Gasteiger partial charge on any atom is -1.00 e. The van der Waals surface area contributed by atoms with Crippen LogP contribution in [-0.4, -0.2) is 17.4 Å². The van der Waals surface area contributed by atoms with Crippen LogP contribution in [0.15, 0.2) is 64.6 Å². The van der Waals surface area contributed by atoms with E-state index in [4.69, 9.17) is 0 Å². The van der Waals surface area contributed by atoms with Crippen molar-refractivity contribution in [3.8, 4) is 0 Å². The van der Waals surface area contributed by atoms with E-state index in [0.717, 1.165) is 45.0 Å². The van der Waals surface area contributed by atoms with Gasteiger partial charge in [0.1, 0.15) is 0 Å². The van der Waals surface area contributed by atoms with Gasteiger partial charge in [0.15, 0.2) is 0 Å². The Morgan fingerprint density at radius 1 is 0.567 bits per heavy atom. The Balaban J connectivity index is 0. The predicted octanol–water partition coefficient (Wildman–Crippen LogP) is -3.17. The van der Waals surface area contributed by atoms with Gasteiger partial charge in [-0.1, -0.05) is 42.5 Å². The second-order valence-corrected chi connectivity index (χ2v) is 6.48. The van der Waals surface area contributed by atoms with Crippen LogP contribution in [-0.2, 0) is 0 Å². The van der Waals surface area contributed by atoms with Crippen LogP contribution >= 0.6 is 0 Å². The van der Waals surface area contributed by atoms with Gasteiger partial charge in [0, 0.05) is 0 Å². The van der Waals surface area contributed by atoms with E-state index in [0.29, 0.717) is 0 Å². The van der Waals surface area contributed by atoms with E-state index in [9.17, 15) is 0 Å². The molecule has 3 nitrogen and oxygen atoms in total. The monoisotopic (exact) mass is 588 g/mol. The van der Waals surface area contributed by atoms with Gasteiger partial charge in [-0.2, -0.15) is 0 Å². The number of pyridine rings is 1. The Bertz CT molecular complexity index is 887. The molecular formula is C23H23Cl3N3Nd. The summed E-state index contributed by atoms with van der Waals surface area (Å²) < 4.78 is 0. The molecule has 0 atom stereocenters. The normalized spacial score (nSPS) is 10.0. The first kappa shape index (κ1) is 31.3. The fraction of sp³-hybridized carbons (Fsp3) is 0.174. The zero-order chi connectivity index (χ0) is 18.5. The third kappa shape index (κ3) is 8.35. The Hall–Kier alpha value is -0.849. The third-order valence-corrected chi connectivity index (χ3v) is 4.32. The summed E-state index contributed by atoms with van der Waals surface area (Å²) in [5.74, 6) is 0. The SMILES string of the molecule is Cc1cccc(C)c1N=Cc1cccc(C=Nc2c(C)cccc2C)n1.[Cl-].[Cl-].[Cl-].[Nd+3]. The summed E-state index contributed by atoms with van der Waals surface area (Å²) >= 11 is 0. The van der Waals surface area contributed by atoms with Gasteiger partial charge < -0.3 is 37.2 Å². The summed E-state index contributed by atoms with van der Waals surface area (Å²) in [6.45, 7) is 8.28. The molecule has 1 aromatic heterocycles. The number of hydrogen-bond acceptors (Lipinski definition) is 3. The molecule has 1 heterocycles. The molecule has 3 rings (SSSR count). The number of para-hydroxylation sites is 2. The van der Waals surface area contributed by atoms with Crippen molar-refractivity contribution in [2.45, 2.75) is 27.7 Å². The number of aliphatic imine (C=N–C) groups is 2. The average molecular weight is 592 g/mol. The van der Waals surface area contributed by atoms with Crippen LogP contribution < -0.4 is 37.2 Å². The summed E-state index contributed by atoms with van der Waals surface area (Å²) in [7, 11) is 0. The number of nitrogens with zero attached hydrogens (tertiary/aromatic N) is 3. The van der Waals surface area contributed by atoms with E-state index in [2.05, 4.69) is 66.9 Å². The van der Waals surface area contributed by atoms with Crippen molar-refractivity contribution in [1.29, 1.82) is 0 Å². The van der Waals surface area contributed by atoms with Crippen molar-refractivity contribution < 1.29 is 78.1 Å². The van der Waals surface area contributed by atoms with Gasteiger partial charge in [0.05, 0.1) is 35.2 Å². The first-order valence-electron chi connectivity index (χ1n) is 8.72. The van der Waals surface area contributed by atoms with Gasteiger partial charge >= 0.3 is 40.8 Å². The van der Waals surface area contributed by atoms with Crippen molar-refractivity contribution in [2.75, 3.05) is 0 Å². The van der Waals surface area contributed by atoms with E-state index in [1.807, 2.05) is 42.8 Å². The number of rotatable bonds is 4. The molecule has 0 aliphatic rings.